The largest absolute Gasteiger partial charge is 0.508 e. The fourth-order valence-corrected chi connectivity index (χ4v) is 3.65. The topological polar surface area (TPSA) is 255 Å². The Kier molecular flexibility index (Phi) is 13.7. The monoisotopic (exact) mass is 551 g/mol. The Morgan fingerprint density at radius 2 is 1.49 bits per heavy atom. The molecular weight excluding hydrogens is 510 g/mol. The number of phenolic OH excluding ortho intramolecular Hbond substituents is 1. The maximum absolute atomic E-state index is 13.2. The molecule has 14 heteroatoms. The first-order valence-electron chi connectivity index (χ1n) is 12.6. The lowest BCUT2D eigenvalue weighted by Crippen LogP contribution is -2.58. The van der Waals surface area contributed by atoms with Crippen LogP contribution in [0.25, 0.3) is 0 Å². The second-order valence-electron chi connectivity index (χ2n) is 9.74. The predicted octanol–water partition coefficient (Wildman–Crippen LogP) is -1.72. The molecular formula is C25H41N7O7. The quantitative estimate of drug-likeness (QED) is 0.0638. The second kappa shape index (κ2) is 16.1. The minimum absolute atomic E-state index is 0.0184. The fourth-order valence-electron chi connectivity index (χ4n) is 3.65. The number of aromatic hydroxyl groups is 1. The molecule has 1 rings (SSSR count). The summed E-state index contributed by atoms with van der Waals surface area (Å²) >= 11 is 0. The van der Waals surface area contributed by atoms with Crippen LogP contribution in [0, 0.1) is 5.92 Å². The number of carbonyl (C=O) groups is 4. The van der Waals surface area contributed by atoms with E-state index in [1.54, 1.807) is 12.1 Å². The van der Waals surface area contributed by atoms with E-state index in [9.17, 15) is 34.5 Å². The molecule has 0 saturated carbocycles. The zero-order valence-corrected chi connectivity index (χ0v) is 22.5. The average molecular weight is 552 g/mol. The number of aliphatic imine (C=N–C) groups is 1. The molecule has 39 heavy (non-hydrogen) atoms. The van der Waals surface area contributed by atoms with Crippen molar-refractivity contribution in [3.63, 3.8) is 0 Å². The Bertz CT molecular complexity index is 995. The third-order valence-electron chi connectivity index (χ3n) is 5.69. The summed E-state index contributed by atoms with van der Waals surface area (Å²) in [5.41, 5.74) is 17.4. The molecule has 0 aliphatic rings. The van der Waals surface area contributed by atoms with Crippen LogP contribution in [0.2, 0.25) is 0 Å². The molecule has 218 valence electrons. The Morgan fingerprint density at radius 3 is 2.00 bits per heavy atom. The summed E-state index contributed by atoms with van der Waals surface area (Å²) in [6.45, 7) is 5.06. The van der Waals surface area contributed by atoms with Gasteiger partial charge in [-0.1, -0.05) is 26.0 Å². The molecule has 3 amide bonds. The third-order valence-corrected chi connectivity index (χ3v) is 5.69. The zero-order valence-electron chi connectivity index (χ0n) is 22.5. The van der Waals surface area contributed by atoms with Gasteiger partial charge in [0.15, 0.2) is 12.0 Å². The first kappa shape index (κ1) is 33.1. The van der Waals surface area contributed by atoms with Crippen molar-refractivity contribution in [3.05, 3.63) is 29.8 Å². The number of nitrogens with zero attached hydrogens (tertiary/aromatic N) is 1. The van der Waals surface area contributed by atoms with Crippen LogP contribution in [-0.4, -0.2) is 81.8 Å². The number of carbonyl (C=O) groups excluding carboxylic acids is 3. The number of hydrogen-bond acceptors (Lipinski definition) is 8. The number of aliphatic hydroxyl groups excluding tert-OH is 1. The van der Waals surface area contributed by atoms with E-state index in [4.69, 9.17) is 17.2 Å². The van der Waals surface area contributed by atoms with Gasteiger partial charge in [0.2, 0.25) is 17.7 Å². The summed E-state index contributed by atoms with van der Waals surface area (Å²) in [6.07, 6.45) is -0.692. The van der Waals surface area contributed by atoms with Crippen molar-refractivity contribution in [2.45, 2.75) is 76.7 Å². The molecule has 0 radical (unpaired) electrons. The van der Waals surface area contributed by atoms with Gasteiger partial charge in [0.05, 0.1) is 12.1 Å². The maximum atomic E-state index is 13.2. The van der Waals surface area contributed by atoms with Crippen LogP contribution in [-0.2, 0) is 25.6 Å². The SMILES string of the molecule is CC(C)CC(NC(=O)C(N)Cc1ccc(O)cc1)C(=O)NC(CCCN=C(N)N)C(=O)NC(C(=O)O)C(C)O. The molecule has 0 fully saturated rings. The number of aliphatic carboxylic acids is 1. The van der Waals surface area contributed by atoms with Crippen molar-refractivity contribution in [1.29, 1.82) is 0 Å². The predicted molar refractivity (Wildman–Crippen MR) is 144 cm³/mol. The van der Waals surface area contributed by atoms with Gasteiger partial charge in [-0.15, -0.1) is 0 Å². The van der Waals surface area contributed by atoms with Gasteiger partial charge in [-0.2, -0.15) is 0 Å². The Morgan fingerprint density at radius 1 is 0.923 bits per heavy atom. The molecule has 0 aliphatic carbocycles. The smallest absolute Gasteiger partial charge is 0.328 e. The molecule has 0 bridgehead atoms. The average Bonchev–Trinajstić information content (AvgIpc) is 2.84. The van der Waals surface area contributed by atoms with E-state index in [1.165, 1.54) is 19.1 Å². The van der Waals surface area contributed by atoms with Crippen LogP contribution in [0.5, 0.6) is 5.75 Å². The molecule has 0 aliphatic heterocycles. The molecule has 0 aromatic heterocycles. The minimum atomic E-state index is -1.60. The van der Waals surface area contributed by atoms with Crippen LogP contribution in [0.1, 0.15) is 45.6 Å². The Balaban J connectivity index is 3.02. The zero-order chi connectivity index (χ0) is 29.7. The van der Waals surface area contributed by atoms with E-state index >= 15 is 0 Å². The number of phenols is 1. The number of guanidine groups is 1. The molecule has 0 spiro atoms. The molecule has 5 atom stereocenters. The highest BCUT2D eigenvalue weighted by molar-refractivity contribution is 5.94. The lowest BCUT2D eigenvalue weighted by Gasteiger charge is -2.26. The van der Waals surface area contributed by atoms with Crippen molar-refractivity contribution < 1.29 is 34.5 Å². The standard InChI is InChI=1S/C25H41N7O7/c1-13(2)11-19(31-21(35)17(26)12-15-6-8-16(34)9-7-15)23(37)30-18(5-4-10-29-25(27)28)22(36)32-20(14(3)33)24(38)39/h6-9,13-14,17-20,33-34H,4-5,10-12,26H2,1-3H3,(H,30,37)(H,31,35)(H,32,36)(H,38,39)(H4,27,28,29). The van der Waals surface area contributed by atoms with Gasteiger partial charge in [-0.25, -0.2) is 4.79 Å². The van der Waals surface area contributed by atoms with E-state index in [-0.39, 0.29) is 49.9 Å². The van der Waals surface area contributed by atoms with Gasteiger partial charge in [0.25, 0.3) is 0 Å². The number of rotatable bonds is 16. The molecule has 0 heterocycles. The minimum Gasteiger partial charge on any atom is -0.508 e. The van der Waals surface area contributed by atoms with E-state index < -0.39 is 54.0 Å². The summed E-state index contributed by atoms with van der Waals surface area (Å²) in [5, 5.41) is 35.9. The molecule has 1 aromatic carbocycles. The summed E-state index contributed by atoms with van der Waals surface area (Å²) < 4.78 is 0. The summed E-state index contributed by atoms with van der Waals surface area (Å²) in [7, 11) is 0. The number of hydrogen-bond donors (Lipinski definition) is 9. The van der Waals surface area contributed by atoms with Gasteiger partial charge in [0.1, 0.15) is 17.8 Å². The number of carboxylic acid groups (broad SMARTS) is 1. The number of nitrogens with two attached hydrogens (primary N) is 3. The molecule has 0 saturated heterocycles. The number of benzene rings is 1. The number of amides is 3. The fraction of sp³-hybridized carbons (Fsp3) is 0.560. The summed E-state index contributed by atoms with van der Waals surface area (Å²) in [6, 6.07) is 1.37. The van der Waals surface area contributed by atoms with Gasteiger partial charge in [0, 0.05) is 6.54 Å². The van der Waals surface area contributed by atoms with E-state index in [1.807, 2.05) is 13.8 Å². The van der Waals surface area contributed by atoms with Gasteiger partial charge >= 0.3 is 5.97 Å². The van der Waals surface area contributed by atoms with Crippen LogP contribution >= 0.6 is 0 Å². The first-order chi connectivity index (χ1) is 18.2. The van der Waals surface area contributed by atoms with Crippen LogP contribution in [0.3, 0.4) is 0 Å². The van der Waals surface area contributed by atoms with Crippen molar-refractivity contribution in [2.75, 3.05) is 6.54 Å². The van der Waals surface area contributed by atoms with Crippen molar-refractivity contribution in [1.82, 2.24) is 16.0 Å². The summed E-state index contributed by atoms with van der Waals surface area (Å²) in [4.78, 5) is 54.2. The first-order valence-corrected chi connectivity index (χ1v) is 12.6. The summed E-state index contributed by atoms with van der Waals surface area (Å²) in [5.74, 6) is -3.63. The normalized spacial score (nSPS) is 14.8. The third kappa shape index (κ3) is 12.5. The Labute approximate surface area is 227 Å². The lowest BCUT2D eigenvalue weighted by molar-refractivity contribution is -0.145. The highest BCUT2D eigenvalue weighted by atomic mass is 16.4. The van der Waals surface area contributed by atoms with Crippen LogP contribution in [0.4, 0.5) is 0 Å². The van der Waals surface area contributed by atoms with Crippen molar-refractivity contribution in [3.8, 4) is 5.75 Å². The maximum Gasteiger partial charge on any atom is 0.328 e. The van der Waals surface area contributed by atoms with Gasteiger partial charge in [-0.05, 0) is 56.2 Å². The lowest BCUT2D eigenvalue weighted by atomic mass is 10.0. The number of aliphatic hydroxyl groups is 1. The molecule has 12 N–H and O–H groups in total. The highest BCUT2D eigenvalue weighted by Crippen LogP contribution is 2.12. The highest BCUT2D eigenvalue weighted by Gasteiger charge is 2.32. The van der Waals surface area contributed by atoms with E-state index in [2.05, 4.69) is 20.9 Å². The van der Waals surface area contributed by atoms with Crippen LogP contribution in [0.15, 0.2) is 29.3 Å². The number of nitrogens with one attached hydrogen (secondary N) is 3. The Hall–Kier alpha value is -3.91. The van der Waals surface area contributed by atoms with Crippen molar-refractivity contribution >= 4 is 29.7 Å². The van der Waals surface area contributed by atoms with Crippen LogP contribution < -0.4 is 33.2 Å². The molecule has 14 nitrogen and oxygen atoms in total. The number of carboxylic acids is 1. The molecule has 5 unspecified atom stereocenters. The van der Waals surface area contributed by atoms with Crippen molar-refractivity contribution in [2.24, 2.45) is 28.1 Å². The second-order valence-corrected chi connectivity index (χ2v) is 9.74. The van der Waals surface area contributed by atoms with Gasteiger partial charge < -0.3 is 48.5 Å². The van der Waals surface area contributed by atoms with E-state index in [0.29, 0.717) is 5.56 Å². The molecule has 1 aromatic rings. The van der Waals surface area contributed by atoms with Gasteiger partial charge in [-0.3, -0.25) is 19.4 Å². The van der Waals surface area contributed by atoms with E-state index in [0.717, 1.165) is 0 Å².